The molecule has 2 N–H and O–H groups in total. The molecular formula is C15H16N2O. The minimum absolute atomic E-state index is 0.140. The molecule has 3 heteroatoms. The second-order valence-electron chi connectivity index (χ2n) is 4.16. The van der Waals surface area contributed by atoms with E-state index in [-0.39, 0.29) is 12.6 Å². The second-order valence-corrected chi connectivity index (χ2v) is 4.16. The van der Waals surface area contributed by atoms with Gasteiger partial charge in [0.05, 0.1) is 6.07 Å². The van der Waals surface area contributed by atoms with E-state index in [0.717, 1.165) is 16.3 Å². The third-order valence-electron chi connectivity index (χ3n) is 2.95. The van der Waals surface area contributed by atoms with E-state index in [0.29, 0.717) is 13.0 Å². The molecule has 2 aromatic carbocycles. The largest absolute Gasteiger partial charge is 0.396 e. The molecule has 1 unspecified atom stereocenters. The first-order valence-corrected chi connectivity index (χ1v) is 6.08. The zero-order valence-electron chi connectivity index (χ0n) is 10.1. The van der Waals surface area contributed by atoms with Crippen molar-refractivity contribution < 1.29 is 5.11 Å². The first-order chi connectivity index (χ1) is 8.86. The molecule has 0 fully saturated rings. The van der Waals surface area contributed by atoms with E-state index in [1.807, 2.05) is 42.5 Å². The summed E-state index contributed by atoms with van der Waals surface area (Å²) in [5, 5.41) is 23.4. The lowest BCUT2D eigenvalue weighted by atomic mass is 9.99. The van der Waals surface area contributed by atoms with Gasteiger partial charge in [-0.05, 0) is 29.3 Å². The van der Waals surface area contributed by atoms with Gasteiger partial charge in [-0.3, -0.25) is 5.32 Å². The molecule has 0 spiro atoms. The molecule has 1 atom stereocenters. The van der Waals surface area contributed by atoms with Crippen LogP contribution in [0.4, 0.5) is 0 Å². The summed E-state index contributed by atoms with van der Waals surface area (Å²) in [7, 11) is 0. The SMILES string of the molecule is N#CC(NCCCO)c1cccc2ccccc12. The smallest absolute Gasteiger partial charge is 0.121 e. The lowest BCUT2D eigenvalue weighted by Crippen LogP contribution is -2.22. The fourth-order valence-corrected chi connectivity index (χ4v) is 2.05. The Morgan fingerprint density at radius 2 is 1.94 bits per heavy atom. The first kappa shape index (κ1) is 12.6. The molecule has 0 heterocycles. The van der Waals surface area contributed by atoms with Crippen molar-refractivity contribution >= 4 is 10.8 Å². The number of fused-ring (bicyclic) bond motifs is 1. The zero-order valence-corrected chi connectivity index (χ0v) is 10.1. The molecule has 0 aliphatic carbocycles. The summed E-state index contributed by atoms with van der Waals surface area (Å²) in [5.74, 6) is 0. The van der Waals surface area contributed by atoms with Crippen molar-refractivity contribution in [1.29, 1.82) is 5.26 Å². The predicted molar refractivity (Wildman–Crippen MR) is 72.0 cm³/mol. The topological polar surface area (TPSA) is 56.0 Å². The number of aliphatic hydroxyl groups is 1. The summed E-state index contributed by atoms with van der Waals surface area (Å²) in [6, 6.07) is 16.0. The van der Waals surface area contributed by atoms with Crippen LogP contribution in [0.15, 0.2) is 42.5 Å². The van der Waals surface area contributed by atoms with Gasteiger partial charge in [-0.1, -0.05) is 42.5 Å². The van der Waals surface area contributed by atoms with Crippen molar-refractivity contribution in [3.63, 3.8) is 0 Å². The van der Waals surface area contributed by atoms with Crippen molar-refractivity contribution in [3.8, 4) is 6.07 Å². The van der Waals surface area contributed by atoms with E-state index in [4.69, 9.17) is 5.11 Å². The molecule has 3 nitrogen and oxygen atoms in total. The Morgan fingerprint density at radius 3 is 2.72 bits per heavy atom. The van der Waals surface area contributed by atoms with E-state index in [1.54, 1.807) is 0 Å². The molecule has 0 saturated heterocycles. The fourth-order valence-electron chi connectivity index (χ4n) is 2.05. The highest BCUT2D eigenvalue weighted by molar-refractivity contribution is 5.86. The average molecular weight is 240 g/mol. The average Bonchev–Trinajstić information content (AvgIpc) is 2.43. The van der Waals surface area contributed by atoms with Crippen molar-refractivity contribution in [2.24, 2.45) is 0 Å². The molecule has 2 rings (SSSR count). The second kappa shape index (κ2) is 6.15. The summed E-state index contributed by atoms with van der Waals surface area (Å²) < 4.78 is 0. The van der Waals surface area contributed by atoms with Gasteiger partial charge in [0, 0.05) is 6.61 Å². The van der Waals surface area contributed by atoms with Crippen molar-refractivity contribution in [2.75, 3.05) is 13.2 Å². The van der Waals surface area contributed by atoms with Gasteiger partial charge in [0.1, 0.15) is 6.04 Å². The van der Waals surface area contributed by atoms with Crippen LogP contribution in [0.2, 0.25) is 0 Å². The van der Waals surface area contributed by atoms with E-state index in [9.17, 15) is 5.26 Å². The lowest BCUT2D eigenvalue weighted by molar-refractivity contribution is 0.285. The molecule has 0 amide bonds. The molecule has 2 aromatic rings. The molecule has 0 radical (unpaired) electrons. The number of rotatable bonds is 5. The molecule has 0 saturated carbocycles. The van der Waals surface area contributed by atoms with Gasteiger partial charge >= 0.3 is 0 Å². The maximum absolute atomic E-state index is 9.26. The molecule has 92 valence electrons. The summed E-state index contributed by atoms with van der Waals surface area (Å²) in [5.41, 5.74) is 0.994. The number of nitriles is 1. The first-order valence-electron chi connectivity index (χ1n) is 6.08. The normalized spacial score (nSPS) is 12.2. The number of hydrogen-bond acceptors (Lipinski definition) is 3. The highest BCUT2D eigenvalue weighted by Gasteiger charge is 2.12. The van der Waals surface area contributed by atoms with Gasteiger partial charge in [-0.25, -0.2) is 0 Å². The number of aliphatic hydroxyl groups excluding tert-OH is 1. The maximum atomic E-state index is 9.26. The Balaban J connectivity index is 2.31. The highest BCUT2D eigenvalue weighted by atomic mass is 16.3. The molecule has 18 heavy (non-hydrogen) atoms. The molecule has 0 aliphatic rings. The Kier molecular flexibility index (Phi) is 4.30. The van der Waals surface area contributed by atoms with Gasteiger partial charge in [-0.15, -0.1) is 0 Å². The quantitative estimate of drug-likeness (QED) is 0.789. The number of hydrogen-bond donors (Lipinski definition) is 2. The monoisotopic (exact) mass is 240 g/mol. The van der Waals surface area contributed by atoms with Gasteiger partial charge < -0.3 is 5.11 Å². The Bertz CT molecular complexity index is 554. The predicted octanol–water partition coefficient (Wildman–Crippen LogP) is 2.38. The highest BCUT2D eigenvalue weighted by Crippen LogP contribution is 2.23. The van der Waals surface area contributed by atoms with Gasteiger partial charge in [0.25, 0.3) is 0 Å². The maximum Gasteiger partial charge on any atom is 0.121 e. The molecule has 0 aliphatic heterocycles. The van der Waals surface area contributed by atoms with Crippen LogP contribution >= 0.6 is 0 Å². The fraction of sp³-hybridized carbons (Fsp3) is 0.267. The number of nitrogens with one attached hydrogen (secondary N) is 1. The van der Waals surface area contributed by atoms with E-state index >= 15 is 0 Å². The summed E-state index contributed by atoms with van der Waals surface area (Å²) in [6.07, 6.45) is 0.656. The van der Waals surface area contributed by atoms with Crippen LogP contribution in [0.25, 0.3) is 10.8 Å². The van der Waals surface area contributed by atoms with Crippen LogP contribution in [-0.4, -0.2) is 18.3 Å². The number of nitrogens with zero attached hydrogens (tertiary/aromatic N) is 1. The summed E-state index contributed by atoms with van der Waals surface area (Å²) in [6.45, 7) is 0.776. The van der Waals surface area contributed by atoms with Crippen LogP contribution in [0.5, 0.6) is 0 Å². The van der Waals surface area contributed by atoms with Gasteiger partial charge in [0.2, 0.25) is 0 Å². The Labute approximate surface area is 107 Å². The van der Waals surface area contributed by atoms with E-state index in [1.165, 1.54) is 0 Å². The Morgan fingerprint density at radius 1 is 1.17 bits per heavy atom. The van der Waals surface area contributed by atoms with Gasteiger partial charge in [0.15, 0.2) is 0 Å². The number of benzene rings is 2. The van der Waals surface area contributed by atoms with Crippen molar-refractivity contribution in [1.82, 2.24) is 5.32 Å². The van der Waals surface area contributed by atoms with Gasteiger partial charge in [-0.2, -0.15) is 5.26 Å². The standard InChI is InChI=1S/C15H16N2O/c16-11-15(17-9-4-10-18)14-8-3-6-12-5-1-2-7-13(12)14/h1-3,5-8,15,17-18H,4,9-10H2. The third-order valence-corrected chi connectivity index (χ3v) is 2.95. The van der Waals surface area contributed by atoms with Crippen molar-refractivity contribution in [3.05, 3.63) is 48.0 Å². The third kappa shape index (κ3) is 2.67. The van der Waals surface area contributed by atoms with Crippen LogP contribution in [-0.2, 0) is 0 Å². The summed E-state index contributed by atoms with van der Waals surface area (Å²) in [4.78, 5) is 0. The Hall–Kier alpha value is -1.89. The zero-order chi connectivity index (χ0) is 12.8. The minimum atomic E-state index is -0.331. The molecule has 0 bridgehead atoms. The van der Waals surface area contributed by atoms with Crippen LogP contribution in [0.1, 0.15) is 18.0 Å². The molecular weight excluding hydrogens is 224 g/mol. The van der Waals surface area contributed by atoms with Crippen LogP contribution < -0.4 is 5.32 Å². The minimum Gasteiger partial charge on any atom is -0.396 e. The van der Waals surface area contributed by atoms with E-state index < -0.39 is 0 Å². The van der Waals surface area contributed by atoms with Crippen LogP contribution in [0, 0.1) is 11.3 Å². The van der Waals surface area contributed by atoms with Crippen LogP contribution in [0.3, 0.4) is 0 Å². The van der Waals surface area contributed by atoms with E-state index in [2.05, 4.69) is 11.4 Å². The lowest BCUT2D eigenvalue weighted by Gasteiger charge is -2.14. The van der Waals surface area contributed by atoms with Crippen molar-refractivity contribution in [2.45, 2.75) is 12.5 Å². The molecule has 0 aromatic heterocycles. The summed E-state index contributed by atoms with van der Waals surface area (Å²) >= 11 is 0.